The smallest absolute Gasteiger partial charge is 0.309 e. The van der Waals surface area contributed by atoms with E-state index in [1.165, 1.54) is 6.16 Å². The van der Waals surface area contributed by atoms with Crippen molar-refractivity contribution in [3.63, 3.8) is 0 Å². The Balaban J connectivity index is 1.66. The summed E-state index contributed by atoms with van der Waals surface area (Å²) in [6, 6.07) is 11.1. The van der Waals surface area contributed by atoms with Gasteiger partial charge in [-0.3, -0.25) is 4.79 Å². The molecule has 0 aromatic heterocycles. The molecule has 32 heavy (non-hydrogen) atoms. The van der Waals surface area contributed by atoms with Gasteiger partial charge in [0, 0.05) is 5.92 Å². The highest BCUT2D eigenvalue weighted by Gasteiger charge is 2.37. The summed E-state index contributed by atoms with van der Waals surface area (Å²) in [5, 5.41) is 10.1. The van der Waals surface area contributed by atoms with Crippen LogP contribution in [0.1, 0.15) is 24.0 Å². The molecule has 6 nitrogen and oxygen atoms in total. The average molecular weight is 478 g/mol. The third-order valence-electron chi connectivity index (χ3n) is 5.71. The molecule has 0 bridgehead atoms. The minimum Gasteiger partial charge on any atom is -0.504 e. The minimum absolute atomic E-state index is 0.0616. The second-order valence-corrected chi connectivity index (χ2v) is 10.0. The maximum Gasteiger partial charge on any atom is 0.309 e. The molecule has 2 aromatic carbocycles. The zero-order valence-electron chi connectivity index (χ0n) is 18.6. The van der Waals surface area contributed by atoms with Crippen molar-refractivity contribution < 1.29 is 28.8 Å². The van der Waals surface area contributed by atoms with Crippen molar-refractivity contribution in [2.45, 2.75) is 25.7 Å². The third kappa shape index (κ3) is 6.49. The first kappa shape index (κ1) is 24.6. The van der Waals surface area contributed by atoms with Gasteiger partial charge in [-0.15, -0.1) is 17.2 Å². The van der Waals surface area contributed by atoms with E-state index in [2.05, 4.69) is 8.93 Å². The second kappa shape index (κ2) is 12.3. The van der Waals surface area contributed by atoms with Crippen molar-refractivity contribution in [3.05, 3.63) is 47.5 Å². The van der Waals surface area contributed by atoms with Crippen LogP contribution >= 0.6 is 17.2 Å². The number of rotatable bonds is 12. The van der Waals surface area contributed by atoms with Gasteiger partial charge in [-0.25, -0.2) is 0 Å². The largest absolute Gasteiger partial charge is 0.504 e. The Morgan fingerprint density at radius 3 is 2.50 bits per heavy atom. The van der Waals surface area contributed by atoms with Gasteiger partial charge in [0.05, 0.1) is 33.4 Å². The molecule has 0 amide bonds. The van der Waals surface area contributed by atoms with Gasteiger partial charge < -0.3 is 24.1 Å². The average Bonchev–Trinajstić information content (AvgIpc) is 3.14. The van der Waals surface area contributed by atoms with E-state index in [0.717, 1.165) is 32.2 Å². The lowest BCUT2D eigenvalue weighted by Gasteiger charge is -2.17. The molecule has 1 saturated heterocycles. The van der Waals surface area contributed by atoms with E-state index in [1.54, 1.807) is 20.3 Å². The molecule has 174 valence electrons. The Morgan fingerprint density at radius 2 is 1.75 bits per heavy atom. The number of phenols is 1. The van der Waals surface area contributed by atoms with Gasteiger partial charge in [-0.1, -0.05) is 12.1 Å². The Hall–Kier alpha value is -2.03. The predicted molar refractivity (Wildman–Crippen MR) is 131 cm³/mol. The van der Waals surface area contributed by atoms with Crippen molar-refractivity contribution >= 4 is 23.2 Å². The van der Waals surface area contributed by atoms with E-state index in [1.807, 2.05) is 30.3 Å². The maximum absolute atomic E-state index is 12.5. The van der Waals surface area contributed by atoms with Gasteiger partial charge in [0.1, 0.15) is 0 Å². The number of hydrogen-bond acceptors (Lipinski definition) is 6. The summed E-state index contributed by atoms with van der Waals surface area (Å²) in [4.78, 5) is 12.5. The molecule has 2 aromatic rings. The lowest BCUT2D eigenvalue weighted by molar-refractivity contribution is -0.141. The second-order valence-electron chi connectivity index (χ2n) is 7.91. The van der Waals surface area contributed by atoms with Gasteiger partial charge in [-0.2, -0.15) is 0 Å². The van der Waals surface area contributed by atoms with Crippen LogP contribution in [0.5, 0.6) is 23.0 Å². The molecule has 1 fully saturated rings. The van der Waals surface area contributed by atoms with Crippen LogP contribution in [0.15, 0.2) is 36.4 Å². The number of phenolic OH excluding ortho intramolecular Hbond substituents is 1. The molecule has 1 aliphatic heterocycles. The first-order valence-electron chi connectivity index (χ1n) is 10.8. The topological polar surface area (TPSA) is 74.2 Å². The molecule has 0 spiro atoms. The fourth-order valence-corrected chi connectivity index (χ4v) is 5.00. The van der Waals surface area contributed by atoms with Gasteiger partial charge in [0.25, 0.3) is 0 Å². The summed E-state index contributed by atoms with van der Waals surface area (Å²) >= 11 is 0. The highest BCUT2D eigenvalue weighted by molar-refractivity contribution is 8.02. The molecule has 0 aliphatic carbocycles. The minimum atomic E-state index is -0.247. The van der Waals surface area contributed by atoms with Gasteiger partial charge in [-0.05, 0) is 67.2 Å². The van der Waals surface area contributed by atoms with Gasteiger partial charge in [0.15, 0.2) is 23.0 Å². The number of cyclic esters (lactones) is 1. The molecule has 8 heteroatoms. The normalized spacial score (nSPS) is 18.2. The van der Waals surface area contributed by atoms with Crippen molar-refractivity contribution in [3.8, 4) is 23.0 Å². The van der Waals surface area contributed by atoms with E-state index in [9.17, 15) is 9.90 Å². The van der Waals surface area contributed by atoms with Gasteiger partial charge >= 0.3 is 5.97 Å². The molecule has 3 rings (SSSR count). The lowest BCUT2D eigenvalue weighted by Crippen LogP contribution is -2.20. The molecule has 0 radical (unpaired) electrons. The van der Waals surface area contributed by atoms with E-state index in [0.29, 0.717) is 43.3 Å². The number of methoxy groups -OCH3 is 2. The van der Waals surface area contributed by atoms with Crippen LogP contribution in [-0.2, 0) is 22.4 Å². The lowest BCUT2D eigenvalue weighted by atomic mass is 9.85. The fourth-order valence-electron chi connectivity index (χ4n) is 3.93. The number of carbonyl (C=O) groups is 1. The van der Waals surface area contributed by atoms with Crippen molar-refractivity contribution in [2.75, 3.05) is 33.6 Å². The summed E-state index contributed by atoms with van der Waals surface area (Å²) in [5.74, 6) is 1.58. The SMILES string of the molecule is COc1ccc(C[C@H]2COC(=O)[C@@H]2Cc2ccc(O)c(OCCCCPP)c2)cc1OC. The standard InChI is InChI=1S/C24H32O6P2/c1-27-21-8-6-16(14-23(21)28-2)11-18-15-30-24(26)19(18)12-17-5-7-20(25)22(13-17)29-9-3-4-10-32-31/h5-8,13-14,18-19,25,32H,3-4,9-12,15,31H2,1-2H3/t18-,19+/m0/s1. The fraction of sp³-hybridized carbons (Fsp3) is 0.458. The summed E-state index contributed by atoms with van der Waals surface area (Å²) in [7, 11) is 6.85. The maximum atomic E-state index is 12.5. The van der Waals surface area contributed by atoms with E-state index in [-0.39, 0.29) is 23.6 Å². The summed E-state index contributed by atoms with van der Waals surface area (Å²) in [5.41, 5.74) is 2.02. The van der Waals surface area contributed by atoms with Crippen LogP contribution in [0.4, 0.5) is 0 Å². The van der Waals surface area contributed by atoms with Crippen molar-refractivity contribution in [2.24, 2.45) is 11.8 Å². The summed E-state index contributed by atoms with van der Waals surface area (Å²) in [6.45, 7) is 0.967. The molecule has 4 atom stereocenters. The first-order chi connectivity index (χ1) is 15.5. The van der Waals surface area contributed by atoms with E-state index in [4.69, 9.17) is 18.9 Å². The Labute approximate surface area is 193 Å². The van der Waals surface area contributed by atoms with Crippen LogP contribution in [0.25, 0.3) is 0 Å². The van der Waals surface area contributed by atoms with E-state index >= 15 is 0 Å². The Kier molecular flexibility index (Phi) is 9.44. The van der Waals surface area contributed by atoms with Crippen LogP contribution < -0.4 is 14.2 Å². The molecule has 1 N–H and O–H groups in total. The van der Waals surface area contributed by atoms with Crippen LogP contribution in [0, 0.1) is 11.8 Å². The number of ether oxygens (including phenoxy) is 4. The quantitative estimate of drug-likeness (QED) is 0.273. The predicted octanol–water partition coefficient (Wildman–Crippen LogP) is 4.61. The number of hydrogen-bond donors (Lipinski definition) is 1. The Morgan fingerprint density at radius 1 is 1.03 bits per heavy atom. The number of esters is 1. The molecule has 1 heterocycles. The third-order valence-corrected chi connectivity index (χ3v) is 7.22. The zero-order valence-corrected chi connectivity index (χ0v) is 20.8. The summed E-state index contributed by atoms with van der Waals surface area (Å²) in [6.07, 6.45) is 4.48. The van der Waals surface area contributed by atoms with Crippen LogP contribution in [0.3, 0.4) is 0 Å². The number of carbonyl (C=O) groups excluding carboxylic acids is 1. The van der Waals surface area contributed by atoms with Crippen LogP contribution in [-0.4, -0.2) is 44.7 Å². The van der Waals surface area contributed by atoms with Crippen LogP contribution in [0.2, 0.25) is 0 Å². The molecule has 0 saturated carbocycles. The highest BCUT2D eigenvalue weighted by Crippen LogP contribution is 2.34. The van der Waals surface area contributed by atoms with Crippen molar-refractivity contribution in [1.82, 2.24) is 0 Å². The zero-order chi connectivity index (χ0) is 22.9. The van der Waals surface area contributed by atoms with Gasteiger partial charge in [0.2, 0.25) is 0 Å². The number of unbranched alkanes of at least 4 members (excludes halogenated alkanes) is 1. The first-order valence-corrected chi connectivity index (χ1v) is 13.8. The Bertz CT molecular complexity index is 904. The number of benzene rings is 2. The highest BCUT2D eigenvalue weighted by atomic mass is 32.0. The monoisotopic (exact) mass is 478 g/mol. The molecular formula is C24H32O6P2. The number of aromatic hydroxyl groups is 1. The molecule has 1 aliphatic rings. The molecular weight excluding hydrogens is 446 g/mol. The van der Waals surface area contributed by atoms with E-state index < -0.39 is 0 Å². The summed E-state index contributed by atoms with van der Waals surface area (Å²) < 4.78 is 21.9. The molecule has 2 unspecified atom stereocenters. The van der Waals surface area contributed by atoms with Crippen molar-refractivity contribution in [1.29, 1.82) is 0 Å².